The quantitative estimate of drug-likeness (QED) is 0.814. The lowest BCUT2D eigenvalue weighted by molar-refractivity contribution is 0.106. The van der Waals surface area contributed by atoms with E-state index in [0.29, 0.717) is 13.1 Å². The molecule has 0 bridgehead atoms. The van der Waals surface area contributed by atoms with Crippen molar-refractivity contribution in [1.82, 2.24) is 9.78 Å². The van der Waals surface area contributed by atoms with E-state index in [2.05, 4.69) is 24.2 Å². The van der Waals surface area contributed by atoms with Crippen LogP contribution in [0.3, 0.4) is 0 Å². The third-order valence-corrected chi connectivity index (χ3v) is 3.59. The van der Waals surface area contributed by atoms with E-state index < -0.39 is 6.10 Å². The Balaban J connectivity index is 2.04. The van der Waals surface area contributed by atoms with Crippen molar-refractivity contribution in [3.8, 4) is 0 Å². The number of rotatable bonds is 7. The van der Waals surface area contributed by atoms with Crippen LogP contribution in [0.5, 0.6) is 0 Å². The molecule has 1 heterocycles. The highest BCUT2D eigenvalue weighted by Gasteiger charge is 2.20. The molecule has 108 valence electrons. The molecule has 0 aliphatic rings. The summed E-state index contributed by atoms with van der Waals surface area (Å²) in [6, 6.07) is 10.2. The van der Waals surface area contributed by atoms with Crippen molar-refractivity contribution in [1.29, 1.82) is 0 Å². The van der Waals surface area contributed by atoms with Crippen molar-refractivity contribution in [2.45, 2.75) is 32.4 Å². The lowest BCUT2D eigenvalue weighted by Crippen LogP contribution is -2.21. The molecule has 2 atom stereocenters. The predicted molar refractivity (Wildman–Crippen MR) is 80.2 cm³/mol. The van der Waals surface area contributed by atoms with Gasteiger partial charge < -0.3 is 10.8 Å². The van der Waals surface area contributed by atoms with Gasteiger partial charge >= 0.3 is 0 Å². The topological polar surface area (TPSA) is 64.1 Å². The minimum Gasteiger partial charge on any atom is -0.388 e. The first-order valence-corrected chi connectivity index (χ1v) is 7.19. The normalized spacial score (nSPS) is 14.2. The number of hydrogen-bond donors (Lipinski definition) is 2. The van der Waals surface area contributed by atoms with Crippen molar-refractivity contribution in [3.63, 3.8) is 0 Å². The molecule has 1 aromatic heterocycles. The fourth-order valence-corrected chi connectivity index (χ4v) is 2.44. The van der Waals surface area contributed by atoms with Gasteiger partial charge in [-0.25, -0.2) is 0 Å². The molecule has 2 aromatic rings. The van der Waals surface area contributed by atoms with E-state index in [4.69, 9.17) is 5.73 Å². The molecule has 3 N–H and O–H groups in total. The van der Waals surface area contributed by atoms with E-state index in [0.717, 1.165) is 18.4 Å². The second-order valence-corrected chi connectivity index (χ2v) is 5.19. The highest BCUT2D eigenvalue weighted by molar-refractivity contribution is 5.16. The van der Waals surface area contributed by atoms with E-state index in [1.165, 1.54) is 5.56 Å². The van der Waals surface area contributed by atoms with Gasteiger partial charge in [-0.15, -0.1) is 0 Å². The van der Waals surface area contributed by atoms with Crippen LogP contribution in [0.2, 0.25) is 0 Å². The van der Waals surface area contributed by atoms with Gasteiger partial charge in [0.05, 0.1) is 18.8 Å². The van der Waals surface area contributed by atoms with Gasteiger partial charge in [-0.3, -0.25) is 4.68 Å². The highest BCUT2D eigenvalue weighted by Crippen LogP contribution is 2.24. The Morgan fingerprint density at radius 1 is 1.30 bits per heavy atom. The number of nitrogens with two attached hydrogens (primary N) is 1. The predicted octanol–water partition coefficient (Wildman–Crippen LogP) is 2.34. The maximum absolute atomic E-state index is 10.4. The summed E-state index contributed by atoms with van der Waals surface area (Å²) in [6.07, 6.45) is 5.09. The van der Waals surface area contributed by atoms with Gasteiger partial charge in [-0.1, -0.05) is 43.7 Å². The first kappa shape index (κ1) is 14.8. The monoisotopic (exact) mass is 273 g/mol. The van der Waals surface area contributed by atoms with Crippen LogP contribution in [0.15, 0.2) is 42.7 Å². The summed E-state index contributed by atoms with van der Waals surface area (Å²) in [4.78, 5) is 0. The van der Waals surface area contributed by atoms with Crippen molar-refractivity contribution in [3.05, 3.63) is 53.9 Å². The standard InChI is InChI=1S/C16H23N3O/c1-2-6-14(9-17)16(20)15-10-18-19(12-15)11-13-7-4-3-5-8-13/h3-5,7-8,10,12,14,16,20H,2,6,9,11,17H2,1H3. The second kappa shape index (κ2) is 7.22. The first-order chi connectivity index (χ1) is 9.74. The van der Waals surface area contributed by atoms with E-state index >= 15 is 0 Å². The Hall–Kier alpha value is -1.65. The summed E-state index contributed by atoms with van der Waals surface area (Å²) in [5.41, 5.74) is 7.79. The van der Waals surface area contributed by atoms with Crippen LogP contribution in [0.1, 0.15) is 37.0 Å². The fraction of sp³-hybridized carbons (Fsp3) is 0.438. The van der Waals surface area contributed by atoms with E-state index in [-0.39, 0.29) is 5.92 Å². The molecule has 0 saturated heterocycles. The third-order valence-electron chi connectivity index (χ3n) is 3.59. The molecule has 0 fully saturated rings. The summed E-state index contributed by atoms with van der Waals surface area (Å²) in [7, 11) is 0. The number of aliphatic hydroxyl groups is 1. The lowest BCUT2D eigenvalue weighted by atomic mass is 9.94. The Morgan fingerprint density at radius 3 is 2.70 bits per heavy atom. The molecule has 0 amide bonds. The Kier molecular flexibility index (Phi) is 5.32. The minimum absolute atomic E-state index is 0.106. The fourth-order valence-electron chi connectivity index (χ4n) is 2.44. The van der Waals surface area contributed by atoms with Crippen molar-refractivity contribution in [2.24, 2.45) is 11.7 Å². The van der Waals surface area contributed by atoms with Crippen molar-refractivity contribution < 1.29 is 5.11 Å². The van der Waals surface area contributed by atoms with Gasteiger partial charge in [-0.05, 0) is 18.5 Å². The zero-order valence-corrected chi connectivity index (χ0v) is 11.9. The third kappa shape index (κ3) is 3.68. The van der Waals surface area contributed by atoms with Crippen LogP contribution in [0.25, 0.3) is 0 Å². The summed E-state index contributed by atoms with van der Waals surface area (Å²) in [5.74, 6) is 0.106. The summed E-state index contributed by atoms with van der Waals surface area (Å²) in [6.45, 7) is 3.32. The maximum atomic E-state index is 10.4. The van der Waals surface area contributed by atoms with Crippen LogP contribution in [0, 0.1) is 5.92 Å². The van der Waals surface area contributed by atoms with Gasteiger partial charge in [0, 0.05) is 17.7 Å². The van der Waals surface area contributed by atoms with Crippen molar-refractivity contribution >= 4 is 0 Å². The molecule has 0 radical (unpaired) electrons. The van der Waals surface area contributed by atoms with Gasteiger partial charge in [0.2, 0.25) is 0 Å². The molecule has 20 heavy (non-hydrogen) atoms. The average Bonchev–Trinajstić information content (AvgIpc) is 2.93. The molecular formula is C16H23N3O. The van der Waals surface area contributed by atoms with E-state index in [9.17, 15) is 5.11 Å². The molecule has 0 saturated carbocycles. The lowest BCUT2D eigenvalue weighted by Gasteiger charge is -2.19. The summed E-state index contributed by atoms with van der Waals surface area (Å²) in [5, 5.41) is 14.7. The molecular weight excluding hydrogens is 250 g/mol. The van der Waals surface area contributed by atoms with Crippen LogP contribution < -0.4 is 5.73 Å². The molecule has 0 spiro atoms. The zero-order valence-electron chi connectivity index (χ0n) is 11.9. The molecule has 4 heteroatoms. The number of benzene rings is 1. The van der Waals surface area contributed by atoms with Crippen LogP contribution in [-0.2, 0) is 6.54 Å². The molecule has 2 unspecified atom stereocenters. The largest absolute Gasteiger partial charge is 0.388 e. The zero-order chi connectivity index (χ0) is 14.4. The van der Waals surface area contributed by atoms with Crippen LogP contribution in [0.4, 0.5) is 0 Å². The highest BCUT2D eigenvalue weighted by atomic mass is 16.3. The Labute approximate surface area is 120 Å². The average molecular weight is 273 g/mol. The van der Waals surface area contributed by atoms with E-state index in [1.807, 2.05) is 29.1 Å². The molecule has 2 rings (SSSR count). The Morgan fingerprint density at radius 2 is 2.05 bits per heavy atom. The van der Waals surface area contributed by atoms with Crippen LogP contribution in [-0.4, -0.2) is 21.4 Å². The number of aliphatic hydroxyl groups excluding tert-OH is 1. The van der Waals surface area contributed by atoms with Gasteiger partial charge in [0.25, 0.3) is 0 Å². The minimum atomic E-state index is -0.524. The Bertz CT molecular complexity index is 509. The second-order valence-electron chi connectivity index (χ2n) is 5.19. The van der Waals surface area contributed by atoms with Gasteiger partial charge in [-0.2, -0.15) is 5.10 Å². The number of aromatic nitrogens is 2. The summed E-state index contributed by atoms with van der Waals surface area (Å²) >= 11 is 0. The SMILES string of the molecule is CCCC(CN)C(O)c1cnn(Cc2ccccc2)c1. The molecule has 4 nitrogen and oxygen atoms in total. The maximum Gasteiger partial charge on any atom is 0.0860 e. The number of nitrogens with zero attached hydrogens (tertiary/aromatic N) is 2. The van der Waals surface area contributed by atoms with Crippen molar-refractivity contribution in [2.75, 3.05) is 6.54 Å². The van der Waals surface area contributed by atoms with Gasteiger partial charge in [0.1, 0.15) is 0 Å². The van der Waals surface area contributed by atoms with E-state index in [1.54, 1.807) is 6.20 Å². The number of hydrogen-bond acceptors (Lipinski definition) is 3. The van der Waals surface area contributed by atoms with Crippen LogP contribution >= 0.6 is 0 Å². The smallest absolute Gasteiger partial charge is 0.0860 e. The van der Waals surface area contributed by atoms with Gasteiger partial charge in [0.15, 0.2) is 0 Å². The summed E-state index contributed by atoms with van der Waals surface area (Å²) < 4.78 is 1.85. The molecule has 1 aromatic carbocycles. The molecule has 0 aliphatic carbocycles. The molecule has 0 aliphatic heterocycles. The first-order valence-electron chi connectivity index (χ1n) is 7.19.